The highest BCUT2D eigenvalue weighted by Crippen LogP contribution is 2.21. The maximum absolute atomic E-state index is 6.02. The van der Waals surface area contributed by atoms with Gasteiger partial charge in [0.2, 0.25) is 0 Å². The second kappa shape index (κ2) is 7.55. The Bertz CT molecular complexity index is 329. The summed E-state index contributed by atoms with van der Waals surface area (Å²) in [6.45, 7) is 9.37. The van der Waals surface area contributed by atoms with Crippen LogP contribution in [0.4, 0.5) is 0 Å². The van der Waals surface area contributed by atoms with Crippen molar-refractivity contribution >= 4 is 0 Å². The van der Waals surface area contributed by atoms with E-state index in [1.807, 2.05) is 6.92 Å². The van der Waals surface area contributed by atoms with Crippen LogP contribution in [-0.2, 0) is 4.74 Å². The standard InChI is InChI=1S/C16H27NO/c1-12(2)6-5-11-18-16(14(4)17)15-9-7-13(3)8-10-15/h7-10,12,14,16H,5-6,11,17H2,1-4H3. The SMILES string of the molecule is Cc1ccc(C(OCCCC(C)C)C(C)N)cc1. The van der Waals surface area contributed by atoms with Gasteiger partial charge in [-0.1, -0.05) is 43.7 Å². The van der Waals surface area contributed by atoms with Gasteiger partial charge in [-0.2, -0.15) is 0 Å². The lowest BCUT2D eigenvalue weighted by molar-refractivity contribution is 0.0348. The van der Waals surface area contributed by atoms with Crippen LogP contribution in [0.15, 0.2) is 24.3 Å². The Morgan fingerprint density at radius 3 is 2.22 bits per heavy atom. The summed E-state index contributed by atoms with van der Waals surface area (Å²) in [6, 6.07) is 8.48. The minimum absolute atomic E-state index is 0.0118. The summed E-state index contributed by atoms with van der Waals surface area (Å²) in [5.41, 5.74) is 8.47. The molecule has 0 aliphatic heterocycles. The van der Waals surface area contributed by atoms with Crippen molar-refractivity contribution in [3.05, 3.63) is 35.4 Å². The summed E-state index contributed by atoms with van der Waals surface area (Å²) < 4.78 is 5.95. The Balaban J connectivity index is 2.52. The molecule has 102 valence electrons. The van der Waals surface area contributed by atoms with Gasteiger partial charge in [0.1, 0.15) is 0 Å². The van der Waals surface area contributed by atoms with Gasteiger partial charge in [0.25, 0.3) is 0 Å². The minimum atomic E-state index is 0.0118. The topological polar surface area (TPSA) is 35.2 Å². The molecule has 1 aromatic rings. The second-order valence-corrected chi connectivity index (χ2v) is 5.60. The number of rotatable bonds is 7. The van der Waals surface area contributed by atoms with Gasteiger partial charge in [-0.05, 0) is 38.2 Å². The van der Waals surface area contributed by atoms with E-state index in [9.17, 15) is 0 Å². The predicted octanol–water partition coefficient (Wildman–Crippen LogP) is 3.84. The lowest BCUT2D eigenvalue weighted by Crippen LogP contribution is -2.27. The first kappa shape index (κ1) is 15.2. The molecule has 0 fully saturated rings. The van der Waals surface area contributed by atoms with Gasteiger partial charge in [0.05, 0.1) is 6.10 Å². The molecule has 2 atom stereocenters. The zero-order valence-corrected chi connectivity index (χ0v) is 12.1. The summed E-state index contributed by atoms with van der Waals surface area (Å²) in [7, 11) is 0. The fourth-order valence-corrected chi connectivity index (χ4v) is 2.01. The highest BCUT2D eigenvalue weighted by Gasteiger charge is 2.16. The van der Waals surface area contributed by atoms with Gasteiger partial charge in [-0.3, -0.25) is 0 Å². The third-order valence-electron chi connectivity index (χ3n) is 3.11. The van der Waals surface area contributed by atoms with Crippen LogP contribution in [-0.4, -0.2) is 12.6 Å². The lowest BCUT2D eigenvalue weighted by atomic mass is 10.0. The molecule has 0 saturated heterocycles. The minimum Gasteiger partial charge on any atom is -0.372 e. The Hall–Kier alpha value is -0.860. The molecular weight excluding hydrogens is 222 g/mol. The van der Waals surface area contributed by atoms with E-state index in [2.05, 4.69) is 45.0 Å². The maximum Gasteiger partial charge on any atom is 0.0972 e. The van der Waals surface area contributed by atoms with Crippen molar-refractivity contribution in [3.8, 4) is 0 Å². The summed E-state index contributed by atoms with van der Waals surface area (Å²) >= 11 is 0. The fourth-order valence-electron chi connectivity index (χ4n) is 2.01. The quantitative estimate of drug-likeness (QED) is 0.745. The number of ether oxygens (including phenoxy) is 1. The second-order valence-electron chi connectivity index (χ2n) is 5.60. The molecule has 0 aromatic heterocycles. The average Bonchev–Trinajstić information content (AvgIpc) is 2.30. The molecule has 1 rings (SSSR count). The van der Waals surface area contributed by atoms with Crippen LogP contribution in [0.25, 0.3) is 0 Å². The van der Waals surface area contributed by atoms with Crippen LogP contribution >= 0.6 is 0 Å². The van der Waals surface area contributed by atoms with Gasteiger partial charge in [0.15, 0.2) is 0 Å². The average molecular weight is 249 g/mol. The number of aryl methyl sites for hydroxylation is 1. The van der Waals surface area contributed by atoms with E-state index < -0.39 is 0 Å². The Kier molecular flexibility index (Phi) is 6.37. The molecule has 2 N–H and O–H groups in total. The van der Waals surface area contributed by atoms with Gasteiger partial charge in [0, 0.05) is 12.6 Å². The summed E-state index contributed by atoms with van der Waals surface area (Å²) in [5.74, 6) is 0.738. The molecule has 0 radical (unpaired) electrons. The molecule has 2 unspecified atom stereocenters. The molecule has 0 spiro atoms. The Morgan fingerprint density at radius 2 is 1.72 bits per heavy atom. The predicted molar refractivity (Wildman–Crippen MR) is 77.6 cm³/mol. The van der Waals surface area contributed by atoms with Crippen LogP contribution in [0.2, 0.25) is 0 Å². The van der Waals surface area contributed by atoms with Crippen LogP contribution in [0.5, 0.6) is 0 Å². The van der Waals surface area contributed by atoms with Crippen molar-refractivity contribution in [3.63, 3.8) is 0 Å². The van der Waals surface area contributed by atoms with Crippen LogP contribution in [0, 0.1) is 12.8 Å². The van der Waals surface area contributed by atoms with Crippen molar-refractivity contribution in [2.45, 2.75) is 52.7 Å². The molecule has 2 heteroatoms. The van der Waals surface area contributed by atoms with Gasteiger partial charge >= 0.3 is 0 Å². The lowest BCUT2D eigenvalue weighted by Gasteiger charge is -2.22. The highest BCUT2D eigenvalue weighted by atomic mass is 16.5. The summed E-state index contributed by atoms with van der Waals surface area (Å²) in [6.07, 6.45) is 2.32. The van der Waals surface area contributed by atoms with Gasteiger partial charge in [-0.15, -0.1) is 0 Å². The van der Waals surface area contributed by atoms with Crippen molar-refractivity contribution in [2.75, 3.05) is 6.61 Å². The first-order chi connectivity index (χ1) is 8.50. The van der Waals surface area contributed by atoms with Crippen molar-refractivity contribution in [2.24, 2.45) is 11.7 Å². The Morgan fingerprint density at radius 1 is 1.11 bits per heavy atom. The largest absolute Gasteiger partial charge is 0.372 e. The molecular formula is C16H27NO. The first-order valence-corrected chi connectivity index (χ1v) is 6.94. The zero-order chi connectivity index (χ0) is 13.5. The van der Waals surface area contributed by atoms with Gasteiger partial charge < -0.3 is 10.5 Å². The molecule has 0 aliphatic rings. The van der Waals surface area contributed by atoms with Crippen molar-refractivity contribution < 1.29 is 4.74 Å². The van der Waals surface area contributed by atoms with Crippen LogP contribution < -0.4 is 5.73 Å². The van der Waals surface area contributed by atoms with Gasteiger partial charge in [-0.25, -0.2) is 0 Å². The van der Waals surface area contributed by atoms with E-state index in [4.69, 9.17) is 10.5 Å². The molecule has 0 saturated carbocycles. The van der Waals surface area contributed by atoms with Crippen LogP contribution in [0.1, 0.15) is 50.8 Å². The molecule has 0 aliphatic carbocycles. The summed E-state index contributed by atoms with van der Waals surface area (Å²) in [4.78, 5) is 0. The molecule has 0 heterocycles. The van der Waals surface area contributed by atoms with E-state index in [1.165, 1.54) is 17.5 Å². The Labute approximate surface area is 112 Å². The fraction of sp³-hybridized carbons (Fsp3) is 0.625. The zero-order valence-electron chi connectivity index (χ0n) is 12.1. The first-order valence-electron chi connectivity index (χ1n) is 6.94. The summed E-state index contributed by atoms with van der Waals surface area (Å²) in [5, 5.41) is 0. The smallest absolute Gasteiger partial charge is 0.0972 e. The van der Waals surface area contributed by atoms with E-state index in [0.717, 1.165) is 18.9 Å². The number of hydrogen-bond donors (Lipinski definition) is 1. The maximum atomic E-state index is 6.02. The van der Waals surface area contributed by atoms with Crippen molar-refractivity contribution in [1.29, 1.82) is 0 Å². The number of hydrogen-bond acceptors (Lipinski definition) is 2. The molecule has 0 amide bonds. The van der Waals surface area contributed by atoms with E-state index in [0.29, 0.717) is 0 Å². The third kappa shape index (κ3) is 5.19. The van der Waals surface area contributed by atoms with Crippen LogP contribution in [0.3, 0.4) is 0 Å². The number of nitrogens with two attached hydrogens (primary N) is 1. The van der Waals surface area contributed by atoms with E-state index in [1.54, 1.807) is 0 Å². The molecule has 1 aromatic carbocycles. The molecule has 18 heavy (non-hydrogen) atoms. The monoisotopic (exact) mass is 249 g/mol. The van der Waals surface area contributed by atoms with E-state index in [-0.39, 0.29) is 12.1 Å². The number of benzene rings is 1. The normalized spacial score (nSPS) is 14.8. The molecule has 0 bridgehead atoms. The third-order valence-corrected chi connectivity index (χ3v) is 3.11. The molecule has 2 nitrogen and oxygen atoms in total. The van der Waals surface area contributed by atoms with E-state index >= 15 is 0 Å². The highest BCUT2D eigenvalue weighted by molar-refractivity contribution is 5.24. The van der Waals surface area contributed by atoms with Crippen molar-refractivity contribution in [1.82, 2.24) is 0 Å².